The number of benzene rings is 1. The maximum atomic E-state index is 13.2. The minimum absolute atomic E-state index is 0.316. The van der Waals surface area contributed by atoms with Crippen LogP contribution in [0.15, 0.2) is 18.2 Å². The fourth-order valence-electron chi connectivity index (χ4n) is 1.84. The van der Waals surface area contributed by atoms with Gasteiger partial charge < -0.3 is 10.3 Å². The highest BCUT2D eigenvalue weighted by Gasteiger charge is 2.09. The molecular weight excluding hydrogens is 215 g/mol. The summed E-state index contributed by atoms with van der Waals surface area (Å²) in [5.74, 6) is -0.316. The van der Waals surface area contributed by atoms with Gasteiger partial charge in [0, 0.05) is 24.2 Å². The predicted molar refractivity (Wildman–Crippen MR) is 60.7 cm³/mol. The molecule has 2 rings (SSSR count). The fourth-order valence-corrected chi connectivity index (χ4v) is 2.10. The van der Waals surface area contributed by atoms with Crippen molar-refractivity contribution in [1.82, 2.24) is 4.57 Å². The Bertz CT molecular complexity index is 505. The lowest BCUT2D eigenvalue weighted by molar-refractivity contribution is 0.627. The van der Waals surface area contributed by atoms with Crippen LogP contribution in [0.5, 0.6) is 0 Å². The Morgan fingerprint density at radius 2 is 2.13 bits per heavy atom. The molecule has 0 bridgehead atoms. The molecule has 4 heteroatoms. The number of rotatable bonds is 2. The first-order valence-corrected chi connectivity index (χ1v) is 5.16. The van der Waals surface area contributed by atoms with Crippen LogP contribution in [0.1, 0.15) is 5.69 Å². The van der Waals surface area contributed by atoms with Crippen molar-refractivity contribution in [2.75, 3.05) is 6.54 Å². The molecule has 2 N–H and O–H groups in total. The minimum Gasteiger partial charge on any atom is -0.343 e. The topological polar surface area (TPSA) is 30.9 Å². The monoisotopic (exact) mass is 226 g/mol. The Balaban J connectivity index is 2.74. The van der Waals surface area contributed by atoms with E-state index in [0.717, 1.165) is 16.6 Å². The molecule has 0 fully saturated rings. The van der Waals surface area contributed by atoms with Gasteiger partial charge in [-0.3, -0.25) is 0 Å². The lowest BCUT2D eigenvalue weighted by Gasteiger charge is -2.06. The molecule has 2 nitrogen and oxygen atoms in total. The van der Waals surface area contributed by atoms with Crippen LogP contribution < -0.4 is 5.73 Å². The molecular formula is C11H12ClFN2. The van der Waals surface area contributed by atoms with Crippen molar-refractivity contribution in [1.29, 1.82) is 0 Å². The maximum Gasteiger partial charge on any atom is 0.126 e. The summed E-state index contributed by atoms with van der Waals surface area (Å²) in [6.45, 7) is 3.16. The number of hydrogen-bond acceptors (Lipinski definition) is 1. The summed E-state index contributed by atoms with van der Waals surface area (Å²) in [5.41, 5.74) is 7.36. The normalized spacial score (nSPS) is 11.2. The number of aromatic nitrogens is 1. The molecule has 1 aromatic heterocycles. The summed E-state index contributed by atoms with van der Waals surface area (Å²) in [6.07, 6.45) is 0. The predicted octanol–water partition coefficient (Wildman–Crippen LogP) is 2.70. The van der Waals surface area contributed by atoms with Crippen molar-refractivity contribution in [2.45, 2.75) is 13.5 Å². The number of fused-ring (bicyclic) bond motifs is 1. The van der Waals surface area contributed by atoms with E-state index < -0.39 is 0 Å². The van der Waals surface area contributed by atoms with Crippen molar-refractivity contribution in [3.63, 3.8) is 0 Å². The Labute approximate surface area is 92.4 Å². The molecule has 0 atom stereocenters. The number of hydrogen-bond donors (Lipinski definition) is 1. The standard InChI is InChI=1S/C11H12ClFN2/c1-7-4-9-10(12)5-8(13)6-11(9)15(7)3-2-14/h4-6H,2-3,14H2,1H3. The van der Waals surface area contributed by atoms with Gasteiger partial charge in [0.1, 0.15) is 5.82 Å². The zero-order valence-corrected chi connectivity index (χ0v) is 9.18. The summed E-state index contributed by atoms with van der Waals surface area (Å²) in [5, 5.41) is 1.33. The third kappa shape index (κ3) is 1.73. The first kappa shape index (κ1) is 10.5. The van der Waals surface area contributed by atoms with E-state index in [2.05, 4.69) is 0 Å². The van der Waals surface area contributed by atoms with Gasteiger partial charge in [-0.2, -0.15) is 0 Å². The van der Waals surface area contributed by atoms with E-state index in [0.29, 0.717) is 18.1 Å². The molecule has 0 saturated carbocycles. The first-order valence-electron chi connectivity index (χ1n) is 4.78. The van der Waals surface area contributed by atoms with E-state index in [-0.39, 0.29) is 5.82 Å². The largest absolute Gasteiger partial charge is 0.343 e. The second-order valence-electron chi connectivity index (χ2n) is 3.55. The Morgan fingerprint density at radius 1 is 1.40 bits per heavy atom. The van der Waals surface area contributed by atoms with E-state index >= 15 is 0 Å². The van der Waals surface area contributed by atoms with Crippen molar-refractivity contribution in [3.05, 3.63) is 34.7 Å². The quantitative estimate of drug-likeness (QED) is 0.839. The van der Waals surface area contributed by atoms with Crippen LogP contribution in [0.4, 0.5) is 4.39 Å². The number of halogens is 2. The maximum absolute atomic E-state index is 13.2. The number of nitrogens with zero attached hydrogens (tertiary/aromatic N) is 1. The summed E-state index contributed by atoms with van der Waals surface area (Å²) in [6, 6.07) is 4.77. The van der Waals surface area contributed by atoms with Crippen molar-refractivity contribution >= 4 is 22.5 Å². The van der Waals surface area contributed by atoms with Gasteiger partial charge in [-0.25, -0.2) is 4.39 Å². The van der Waals surface area contributed by atoms with E-state index in [9.17, 15) is 4.39 Å². The van der Waals surface area contributed by atoms with Crippen molar-refractivity contribution in [2.24, 2.45) is 5.73 Å². The van der Waals surface area contributed by atoms with Crippen LogP contribution in [0.2, 0.25) is 5.02 Å². The second kappa shape index (κ2) is 3.83. The summed E-state index contributed by atoms with van der Waals surface area (Å²) >= 11 is 5.96. The second-order valence-corrected chi connectivity index (χ2v) is 3.95. The molecule has 1 heterocycles. The van der Waals surface area contributed by atoms with Crippen LogP contribution in [0, 0.1) is 12.7 Å². The van der Waals surface area contributed by atoms with Crippen LogP contribution in [0.25, 0.3) is 10.9 Å². The highest BCUT2D eigenvalue weighted by molar-refractivity contribution is 6.35. The average Bonchev–Trinajstić information content (AvgIpc) is 2.46. The third-order valence-electron chi connectivity index (χ3n) is 2.49. The van der Waals surface area contributed by atoms with Gasteiger partial charge in [0.15, 0.2) is 0 Å². The Hall–Kier alpha value is -1.06. The SMILES string of the molecule is Cc1cc2c(Cl)cc(F)cc2n1CCN. The van der Waals surface area contributed by atoms with Crippen LogP contribution in [-0.4, -0.2) is 11.1 Å². The Kier molecular flexibility index (Phi) is 2.67. The van der Waals surface area contributed by atoms with E-state index in [1.807, 2.05) is 17.6 Å². The zero-order chi connectivity index (χ0) is 11.0. The number of nitrogens with two attached hydrogens (primary N) is 1. The first-order chi connectivity index (χ1) is 7.13. The molecule has 0 saturated heterocycles. The summed E-state index contributed by atoms with van der Waals surface area (Å²) < 4.78 is 15.2. The molecule has 0 unspecified atom stereocenters. The van der Waals surface area contributed by atoms with Gasteiger partial charge in [0.2, 0.25) is 0 Å². The lowest BCUT2D eigenvalue weighted by atomic mass is 10.2. The molecule has 1 aromatic carbocycles. The third-order valence-corrected chi connectivity index (χ3v) is 2.81. The van der Waals surface area contributed by atoms with Crippen LogP contribution >= 0.6 is 11.6 Å². The molecule has 0 amide bonds. The highest BCUT2D eigenvalue weighted by Crippen LogP contribution is 2.27. The van der Waals surface area contributed by atoms with E-state index in [1.54, 1.807) is 0 Å². The van der Waals surface area contributed by atoms with Crippen LogP contribution in [0.3, 0.4) is 0 Å². The molecule has 0 radical (unpaired) electrons. The van der Waals surface area contributed by atoms with Crippen LogP contribution in [-0.2, 0) is 6.54 Å². The fraction of sp³-hybridized carbons (Fsp3) is 0.273. The zero-order valence-electron chi connectivity index (χ0n) is 8.43. The minimum atomic E-state index is -0.316. The van der Waals surface area contributed by atoms with E-state index in [4.69, 9.17) is 17.3 Å². The van der Waals surface area contributed by atoms with Gasteiger partial charge in [0.05, 0.1) is 10.5 Å². The van der Waals surface area contributed by atoms with Gasteiger partial charge in [-0.15, -0.1) is 0 Å². The lowest BCUT2D eigenvalue weighted by Crippen LogP contribution is -2.10. The molecule has 0 aliphatic rings. The van der Waals surface area contributed by atoms with E-state index in [1.165, 1.54) is 12.1 Å². The highest BCUT2D eigenvalue weighted by atomic mass is 35.5. The molecule has 0 spiro atoms. The summed E-state index contributed by atoms with van der Waals surface area (Å²) in [7, 11) is 0. The average molecular weight is 227 g/mol. The van der Waals surface area contributed by atoms with Gasteiger partial charge in [-0.1, -0.05) is 11.6 Å². The molecule has 15 heavy (non-hydrogen) atoms. The van der Waals surface area contributed by atoms with Gasteiger partial charge >= 0.3 is 0 Å². The molecule has 2 aromatic rings. The number of aryl methyl sites for hydroxylation is 1. The van der Waals surface area contributed by atoms with Crippen molar-refractivity contribution < 1.29 is 4.39 Å². The molecule has 0 aliphatic carbocycles. The smallest absolute Gasteiger partial charge is 0.126 e. The van der Waals surface area contributed by atoms with Crippen molar-refractivity contribution in [3.8, 4) is 0 Å². The molecule has 0 aliphatic heterocycles. The summed E-state index contributed by atoms with van der Waals surface area (Å²) in [4.78, 5) is 0. The Morgan fingerprint density at radius 3 is 2.80 bits per heavy atom. The molecule has 80 valence electrons. The van der Waals surface area contributed by atoms with Gasteiger partial charge in [-0.05, 0) is 25.1 Å². The van der Waals surface area contributed by atoms with Gasteiger partial charge in [0.25, 0.3) is 0 Å².